The van der Waals surface area contributed by atoms with Gasteiger partial charge in [-0.3, -0.25) is 9.79 Å². The van der Waals surface area contributed by atoms with Crippen molar-refractivity contribution in [3.05, 3.63) is 29.6 Å². The molecule has 0 bridgehead atoms. The van der Waals surface area contributed by atoms with E-state index in [4.69, 9.17) is 4.74 Å². The molecule has 0 saturated carbocycles. The molecule has 0 aliphatic carbocycles. The fraction of sp³-hybridized carbons (Fsp3) is 0.429. The van der Waals surface area contributed by atoms with Gasteiger partial charge in [0.15, 0.2) is 23.4 Å². The lowest BCUT2D eigenvalue weighted by Crippen LogP contribution is -2.46. The normalized spacial score (nSPS) is 12.2. The summed E-state index contributed by atoms with van der Waals surface area (Å²) >= 11 is 0. The van der Waals surface area contributed by atoms with Crippen molar-refractivity contribution in [3.63, 3.8) is 0 Å². The highest BCUT2D eigenvalue weighted by Gasteiger charge is 2.15. The maximum absolute atomic E-state index is 13.4. The van der Waals surface area contributed by atoms with Crippen molar-refractivity contribution in [1.82, 2.24) is 10.6 Å². The van der Waals surface area contributed by atoms with E-state index in [-0.39, 0.29) is 36.6 Å². The monoisotopic (exact) mass is 460 g/mol. The molecular formula is C14H20F3IN4O2. The quantitative estimate of drug-likeness (QED) is 0.262. The van der Waals surface area contributed by atoms with Gasteiger partial charge in [0, 0.05) is 20.2 Å². The van der Waals surface area contributed by atoms with E-state index < -0.39 is 29.0 Å². The number of carbonyl (C=O) groups is 1. The molecule has 24 heavy (non-hydrogen) atoms. The van der Waals surface area contributed by atoms with Crippen molar-refractivity contribution in [2.75, 3.05) is 32.6 Å². The van der Waals surface area contributed by atoms with Crippen LogP contribution < -0.4 is 16.0 Å². The van der Waals surface area contributed by atoms with Crippen molar-refractivity contribution in [2.24, 2.45) is 4.99 Å². The third-order valence-electron chi connectivity index (χ3n) is 2.75. The molecule has 3 N–H and O–H groups in total. The summed E-state index contributed by atoms with van der Waals surface area (Å²) < 4.78 is 44.3. The largest absolute Gasteiger partial charge is 0.383 e. The molecule has 1 rings (SSSR count). The third kappa shape index (κ3) is 6.91. The predicted octanol–water partition coefficient (Wildman–Crippen LogP) is 1.86. The summed E-state index contributed by atoms with van der Waals surface area (Å²) in [6.07, 6.45) is 0. The van der Waals surface area contributed by atoms with Gasteiger partial charge in [0.25, 0.3) is 0 Å². The molecule has 0 fully saturated rings. The highest BCUT2D eigenvalue weighted by Crippen LogP contribution is 2.19. The van der Waals surface area contributed by atoms with Crippen LogP contribution in [0.25, 0.3) is 0 Å². The first kappa shape index (κ1) is 22.4. The van der Waals surface area contributed by atoms with Gasteiger partial charge in [0.1, 0.15) is 0 Å². The molecule has 0 aliphatic rings. The molecule has 1 aromatic rings. The van der Waals surface area contributed by atoms with Crippen LogP contribution in [-0.2, 0) is 9.53 Å². The van der Waals surface area contributed by atoms with Crippen molar-refractivity contribution >= 4 is 41.5 Å². The second-order valence-corrected chi connectivity index (χ2v) is 4.70. The van der Waals surface area contributed by atoms with E-state index in [1.807, 2.05) is 6.92 Å². The Morgan fingerprint density at radius 2 is 1.96 bits per heavy atom. The summed E-state index contributed by atoms with van der Waals surface area (Å²) in [4.78, 5) is 15.6. The Morgan fingerprint density at radius 3 is 2.54 bits per heavy atom. The van der Waals surface area contributed by atoms with Crippen molar-refractivity contribution in [1.29, 1.82) is 0 Å². The van der Waals surface area contributed by atoms with Crippen LogP contribution in [0.3, 0.4) is 0 Å². The number of anilines is 1. The summed E-state index contributed by atoms with van der Waals surface area (Å²) in [6, 6.07) is 1.63. The number of rotatable bonds is 6. The number of hydrogen-bond donors (Lipinski definition) is 3. The Bertz CT molecular complexity index is 587. The number of nitrogens with one attached hydrogen (secondary N) is 3. The van der Waals surface area contributed by atoms with Crippen LogP contribution in [0.2, 0.25) is 0 Å². The standard InChI is InChI=1S/C14H19F3N4O2.HI/c1-8(7-23-3)20-14(18-2)19-6-11(22)21-10-5-4-9(15)12(16)13(10)17;/h4-5,8H,6-7H2,1-3H3,(H,21,22)(H2,18,19,20);1H. The van der Waals surface area contributed by atoms with Gasteiger partial charge in [-0.25, -0.2) is 13.2 Å². The Morgan fingerprint density at radius 1 is 1.29 bits per heavy atom. The van der Waals surface area contributed by atoms with E-state index in [1.165, 1.54) is 7.05 Å². The zero-order chi connectivity index (χ0) is 17.4. The molecule has 0 radical (unpaired) electrons. The number of aliphatic imine (C=N–C) groups is 1. The molecule has 1 unspecified atom stereocenters. The van der Waals surface area contributed by atoms with Crippen molar-refractivity contribution in [2.45, 2.75) is 13.0 Å². The zero-order valence-electron chi connectivity index (χ0n) is 13.5. The summed E-state index contributed by atoms with van der Waals surface area (Å²) in [5, 5.41) is 7.82. The molecule has 10 heteroatoms. The second kappa shape index (κ2) is 11.1. The summed E-state index contributed by atoms with van der Waals surface area (Å²) in [5.74, 6) is -4.71. The van der Waals surface area contributed by atoms with Gasteiger partial charge >= 0.3 is 0 Å². The molecule has 136 valence electrons. The number of guanidine groups is 1. The molecule has 1 aromatic carbocycles. The van der Waals surface area contributed by atoms with Gasteiger partial charge in [-0.2, -0.15) is 0 Å². The van der Waals surface area contributed by atoms with E-state index in [0.29, 0.717) is 12.6 Å². The minimum atomic E-state index is -1.64. The fourth-order valence-corrected chi connectivity index (χ4v) is 1.70. The average Bonchev–Trinajstić information content (AvgIpc) is 2.52. The highest BCUT2D eigenvalue weighted by atomic mass is 127. The number of methoxy groups -OCH3 is 1. The van der Waals surface area contributed by atoms with Gasteiger partial charge in [0.2, 0.25) is 5.91 Å². The van der Waals surface area contributed by atoms with Gasteiger partial charge in [-0.05, 0) is 19.1 Å². The number of amides is 1. The molecule has 0 spiro atoms. The summed E-state index contributed by atoms with van der Waals surface area (Å²) in [5.41, 5.74) is -0.439. The lowest BCUT2D eigenvalue weighted by molar-refractivity contribution is -0.115. The van der Waals surface area contributed by atoms with Crippen LogP contribution >= 0.6 is 24.0 Å². The molecule has 0 aromatic heterocycles. The maximum Gasteiger partial charge on any atom is 0.243 e. The van der Waals surface area contributed by atoms with E-state index >= 15 is 0 Å². The first-order valence-electron chi connectivity index (χ1n) is 6.78. The number of hydrogen-bond acceptors (Lipinski definition) is 3. The van der Waals surface area contributed by atoms with E-state index in [1.54, 1.807) is 7.11 Å². The SMILES string of the molecule is CN=C(NCC(=O)Nc1ccc(F)c(F)c1F)NC(C)COC.I. The number of carbonyl (C=O) groups excluding carboxylic acids is 1. The van der Waals surface area contributed by atoms with Crippen LogP contribution in [0.5, 0.6) is 0 Å². The molecule has 6 nitrogen and oxygen atoms in total. The average molecular weight is 460 g/mol. The van der Waals surface area contributed by atoms with Crippen LogP contribution in [0, 0.1) is 17.5 Å². The molecule has 0 saturated heterocycles. The number of halogens is 4. The second-order valence-electron chi connectivity index (χ2n) is 4.70. The van der Waals surface area contributed by atoms with Gasteiger partial charge < -0.3 is 20.7 Å². The predicted molar refractivity (Wildman–Crippen MR) is 96.2 cm³/mol. The third-order valence-corrected chi connectivity index (χ3v) is 2.75. The van der Waals surface area contributed by atoms with E-state index in [2.05, 4.69) is 20.9 Å². The lowest BCUT2D eigenvalue weighted by Gasteiger charge is -2.17. The van der Waals surface area contributed by atoms with Gasteiger partial charge in [0.05, 0.1) is 18.8 Å². The Hall–Kier alpha value is -1.56. The number of nitrogens with zero attached hydrogens (tertiary/aromatic N) is 1. The summed E-state index contributed by atoms with van der Waals surface area (Å²) in [7, 11) is 3.07. The van der Waals surface area contributed by atoms with Crippen molar-refractivity contribution in [3.8, 4) is 0 Å². The molecule has 0 aliphatic heterocycles. The lowest BCUT2D eigenvalue weighted by atomic mass is 10.2. The summed E-state index contributed by atoms with van der Waals surface area (Å²) in [6.45, 7) is 2.05. The van der Waals surface area contributed by atoms with Crippen LogP contribution in [0.15, 0.2) is 17.1 Å². The van der Waals surface area contributed by atoms with E-state index in [9.17, 15) is 18.0 Å². The molecule has 1 amide bonds. The topological polar surface area (TPSA) is 74.8 Å². The minimum Gasteiger partial charge on any atom is -0.383 e. The van der Waals surface area contributed by atoms with E-state index in [0.717, 1.165) is 12.1 Å². The van der Waals surface area contributed by atoms with Crippen LogP contribution in [0.1, 0.15) is 6.92 Å². The first-order chi connectivity index (χ1) is 10.9. The fourth-order valence-electron chi connectivity index (χ4n) is 1.70. The number of benzene rings is 1. The number of ether oxygens (including phenoxy) is 1. The Labute approximate surface area is 155 Å². The minimum absolute atomic E-state index is 0. The highest BCUT2D eigenvalue weighted by molar-refractivity contribution is 14.0. The smallest absolute Gasteiger partial charge is 0.243 e. The zero-order valence-corrected chi connectivity index (χ0v) is 15.8. The Balaban J connectivity index is 0.00000529. The Kier molecular flexibility index (Phi) is 10.4. The van der Waals surface area contributed by atoms with Crippen molar-refractivity contribution < 1.29 is 22.7 Å². The molecule has 1 atom stereocenters. The maximum atomic E-state index is 13.4. The first-order valence-corrected chi connectivity index (χ1v) is 6.78. The molecular weight excluding hydrogens is 440 g/mol. The van der Waals surface area contributed by atoms with Crippen LogP contribution in [-0.4, -0.2) is 45.2 Å². The van der Waals surface area contributed by atoms with Gasteiger partial charge in [-0.1, -0.05) is 0 Å². The van der Waals surface area contributed by atoms with Crippen LogP contribution in [0.4, 0.5) is 18.9 Å². The van der Waals surface area contributed by atoms with Gasteiger partial charge in [-0.15, -0.1) is 24.0 Å². The molecule has 0 heterocycles.